The zero-order valence-electron chi connectivity index (χ0n) is 9.01. The van der Waals surface area contributed by atoms with Gasteiger partial charge in [-0.05, 0) is 15.9 Å². The van der Waals surface area contributed by atoms with Crippen LogP contribution in [0.1, 0.15) is 0 Å². The molecule has 0 radical (unpaired) electrons. The van der Waals surface area contributed by atoms with E-state index < -0.39 is 9.84 Å². The second kappa shape index (κ2) is 4.96. The van der Waals surface area contributed by atoms with Crippen LogP contribution in [0.2, 0.25) is 0 Å². The van der Waals surface area contributed by atoms with Gasteiger partial charge in [-0.1, -0.05) is 0 Å². The number of nitrogens with two attached hydrogens (primary N) is 1. The fourth-order valence-corrected chi connectivity index (χ4v) is 2.15. The topological polar surface area (TPSA) is 89.2 Å². The van der Waals surface area contributed by atoms with Crippen LogP contribution in [0.25, 0.3) is 0 Å². The second-order valence-corrected chi connectivity index (χ2v) is 6.57. The van der Waals surface area contributed by atoms with Gasteiger partial charge in [-0.25, -0.2) is 13.4 Å². The van der Waals surface area contributed by atoms with E-state index in [1.165, 1.54) is 12.5 Å². The summed E-state index contributed by atoms with van der Waals surface area (Å²) in [6, 6.07) is 0. The number of hydrogen-bond acceptors (Lipinski definition) is 6. The van der Waals surface area contributed by atoms with Crippen molar-refractivity contribution < 1.29 is 8.42 Å². The van der Waals surface area contributed by atoms with Crippen LogP contribution < -0.4 is 10.6 Å². The lowest BCUT2D eigenvalue weighted by Gasteiger charge is -2.18. The maximum atomic E-state index is 11.0. The third-order valence-electron chi connectivity index (χ3n) is 1.90. The maximum Gasteiger partial charge on any atom is 0.222 e. The van der Waals surface area contributed by atoms with Crippen LogP contribution >= 0.6 is 15.9 Å². The Kier molecular flexibility index (Phi) is 4.09. The molecule has 0 aliphatic rings. The summed E-state index contributed by atoms with van der Waals surface area (Å²) in [4.78, 5) is 9.54. The highest BCUT2D eigenvalue weighted by molar-refractivity contribution is 9.10. The standard InChI is InChI=1S/C8H13BrN4O2S/c1-13(3-4-16(2,14)15)7-6(9)5-11-8(10)12-7/h5H,3-4H2,1-2H3,(H2,10,11,12). The van der Waals surface area contributed by atoms with Crippen LogP contribution in [-0.4, -0.2) is 44.0 Å². The van der Waals surface area contributed by atoms with E-state index in [0.717, 1.165) is 0 Å². The minimum atomic E-state index is -2.98. The highest BCUT2D eigenvalue weighted by Gasteiger charge is 2.11. The average molecular weight is 309 g/mol. The Morgan fingerprint density at radius 3 is 2.75 bits per heavy atom. The molecule has 16 heavy (non-hydrogen) atoms. The van der Waals surface area contributed by atoms with Gasteiger partial charge in [-0.2, -0.15) is 4.98 Å². The molecule has 1 aromatic heterocycles. The number of hydrogen-bond donors (Lipinski definition) is 1. The normalized spacial score (nSPS) is 11.4. The molecular weight excluding hydrogens is 296 g/mol. The molecule has 0 atom stereocenters. The first kappa shape index (κ1) is 13.2. The van der Waals surface area contributed by atoms with E-state index in [4.69, 9.17) is 5.73 Å². The summed E-state index contributed by atoms with van der Waals surface area (Å²) in [6.45, 7) is 0.355. The molecule has 0 aromatic carbocycles. The quantitative estimate of drug-likeness (QED) is 0.860. The first-order valence-corrected chi connectivity index (χ1v) is 7.32. The SMILES string of the molecule is CN(CCS(C)(=O)=O)c1nc(N)ncc1Br. The number of nitrogen functional groups attached to an aromatic ring is 1. The van der Waals surface area contributed by atoms with Crippen molar-refractivity contribution in [2.45, 2.75) is 0 Å². The van der Waals surface area contributed by atoms with Crippen molar-refractivity contribution in [1.29, 1.82) is 0 Å². The van der Waals surface area contributed by atoms with Gasteiger partial charge in [-0.3, -0.25) is 0 Å². The van der Waals surface area contributed by atoms with Gasteiger partial charge in [0.1, 0.15) is 15.7 Å². The van der Waals surface area contributed by atoms with Crippen molar-refractivity contribution in [3.05, 3.63) is 10.7 Å². The maximum absolute atomic E-state index is 11.0. The molecule has 0 spiro atoms. The molecule has 0 aliphatic heterocycles. The van der Waals surface area contributed by atoms with Gasteiger partial charge < -0.3 is 10.6 Å². The zero-order chi connectivity index (χ0) is 12.3. The fraction of sp³-hybridized carbons (Fsp3) is 0.500. The monoisotopic (exact) mass is 308 g/mol. The summed E-state index contributed by atoms with van der Waals surface area (Å²) in [5, 5.41) is 0. The lowest BCUT2D eigenvalue weighted by atomic mass is 10.5. The predicted molar refractivity (Wildman–Crippen MR) is 67.1 cm³/mol. The molecule has 2 N–H and O–H groups in total. The van der Waals surface area contributed by atoms with E-state index in [1.807, 2.05) is 0 Å². The molecule has 1 heterocycles. The minimum absolute atomic E-state index is 0.0693. The molecule has 8 heteroatoms. The van der Waals surface area contributed by atoms with E-state index in [1.54, 1.807) is 11.9 Å². The Hall–Kier alpha value is -0.890. The van der Waals surface area contributed by atoms with E-state index in [-0.39, 0.29) is 11.7 Å². The molecule has 1 rings (SSSR count). The van der Waals surface area contributed by atoms with Crippen molar-refractivity contribution in [2.24, 2.45) is 0 Å². The molecule has 0 fully saturated rings. The van der Waals surface area contributed by atoms with Crippen molar-refractivity contribution in [2.75, 3.05) is 36.2 Å². The number of nitrogens with zero attached hydrogens (tertiary/aromatic N) is 3. The molecule has 0 unspecified atom stereocenters. The van der Waals surface area contributed by atoms with Crippen LogP contribution in [0.15, 0.2) is 10.7 Å². The van der Waals surface area contributed by atoms with Crippen LogP contribution in [0, 0.1) is 0 Å². The number of rotatable bonds is 4. The average Bonchev–Trinajstić information content (AvgIpc) is 2.17. The Labute approximate surface area is 103 Å². The van der Waals surface area contributed by atoms with Crippen LogP contribution in [0.3, 0.4) is 0 Å². The van der Waals surface area contributed by atoms with Gasteiger partial charge in [0, 0.05) is 26.0 Å². The van der Waals surface area contributed by atoms with Crippen molar-refractivity contribution in [3.8, 4) is 0 Å². The van der Waals surface area contributed by atoms with Gasteiger partial charge in [0.25, 0.3) is 0 Å². The number of halogens is 1. The van der Waals surface area contributed by atoms with Crippen LogP contribution in [-0.2, 0) is 9.84 Å². The lowest BCUT2D eigenvalue weighted by Crippen LogP contribution is -2.26. The van der Waals surface area contributed by atoms with Crippen molar-refractivity contribution >= 4 is 37.5 Å². The smallest absolute Gasteiger partial charge is 0.222 e. The molecule has 0 saturated carbocycles. The fourth-order valence-electron chi connectivity index (χ4n) is 1.05. The molecule has 0 saturated heterocycles. The zero-order valence-corrected chi connectivity index (χ0v) is 11.4. The van der Waals surface area contributed by atoms with Gasteiger partial charge in [-0.15, -0.1) is 0 Å². The summed E-state index contributed by atoms with van der Waals surface area (Å²) >= 11 is 3.28. The van der Waals surface area contributed by atoms with Gasteiger partial charge in [0.15, 0.2) is 0 Å². The Bertz CT molecular complexity index is 477. The first-order chi connectivity index (χ1) is 7.29. The largest absolute Gasteiger partial charge is 0.368 e. The summed E-state index contributed by atoms with van der Waals surface area (Å²) in [7, 11) is -1.23. The Balaban J connectivity index is 2.80. The van der Waals surface area contributed by atoms with Gasteiger partial charge in [0.2, 0.25) is 5.95 Å². The Morgan fingerprint density at radius 2 is 2.19 bits per heavy atom. The second-order valence-electron chi connectivity index (χ2n) is 3.45. The highest BCUT2D eigenvalue weighted by atomic mass is 79.9. The van der Waals surface area contributed by atoms with Gasteiger partial charge in [0.05, 0.1) is 10.2 Å². The summed E-state index contributed by atoms with van der Waals surface area (Å²) in [6.07, 6.45) is 2.73. The summed E-state index contributed by atoms with van der Waals surface area (Å²) in [5.74, 6) is 0.806. The van der Waals surface area contributed by atoms with Gasteiger partial charge >= 0.3 is 0 Å². The summed E-state index contributed by atoms with van der Waals surface area (Å²) in [5.41, 5.74) is 5.46. The molecule has 0 aliphatic carbocycles. The van der Waals surface area contributed by atoms with Crippen LogP contribution in [0.5, 0.6) is 0 Å². The lowest BCUT2D eigenvalue weighted by molar-refractivity contribution is 0.601. The molecule has 90 valence electrons. The van der Waals surface area contributed by atoms with E-state index >= 15 is 0 Å². The molecule has 1 aromatic rings. The molecule has 0 bridgehead atoms. The number of aromatic nitrogens is 2. The van der Waals surface area contributed by atoms with Crippen molar-refractivity contribution in [1.82, 2.24) is 9.97 Å². The predicted octanol–water partition coefficient (Wildman–Crippen LogP) is 0.302. The third kappa shape index (κ3) is 3.93. The van der Waals surface area contributed by atoms with E-state index in [9.17, 15) is 8.42 Å². The van der Waals surface area contributed by atoms with Crippen molar-refractivity contribution in [3.63, 3.8) is 0 Å². The minimum Gasteiger partial charge on any atom is -0.368 e. The Morgan fingerprint density at radius 1 is 1.56 bits per heavy atom. The molecule has 6 nitrogen and oxygen atoms in total. The summed E-state index contributed by atoms with van der Waals surface area (Å²) < 4.78 is 22.7. The number of sulfone groups is 1. The van der Waals surface area contributed by atoms with Crippen LogP contribution in [0.4, 0.5) is 11.8 Å². The molecule has 0 amide bonds. The third-order valence-corrected chi connectivity index (χ3v) is 3.39. The number of anilines is 2. The highest BCUT2D eigenvalue weighted by Crippen LogP contribution is 2.22. The molecular formula is C8H13BrN4O2S. The first-order valence-electron chi connectivity index (χ1n) is 4.46. The van der Waals surface area contributed by atoms with E-state index in [0.29, 0.717) is 16.8 Å². The van der Waals surface area contributed by atoms with E-state index in [2.05, 4.69) is 25.9 Å².